The second-order valence-corrected chi connectivity index (χ2v) is 14.9. The van der Waals surface area contributed by atoms with E-state index < -0.39 is 12.1 Å². The van der Waals surface area contributed by atoms with Gasteiger partial charge in [0.05, 0.1) is 25.2 Å². The van der Waals surface area contributed by atoms with Crippen LogP contribution in [-0.2, 0) is 25.7 Å². The third-order valence-corrected chi connectivity index (χ3v) is 7.74. The van der Waals surface area contributed by atoms with Crippen molar-refractivity contribution in [1.82, 2.24) is 36.9 Å². The Bertz CT molecular complexity index is 1380. The number of carbonyl (C=O) groups is 4. The molecule has 2 aliphatic heterocycles. The van der Waals surface area contributed by atoms with Gasteiger partial charge < -0.3 is 36.9 Å². The molecule has 14 nitrogen and oxygen atoms in total. The van der Waals surface area contributed by atoms with Crippen LogP contribution < -0.4 is 37.5 Å². The van der Waals surface area contributed by atoms with Crippen molar-refractivity contribution in [2.45, 2.75) is 112 Å². The molecule has 7 N–H and O–H groups in total. The number of H-pyrrole nitrogens is 1. The Morgan fingerprint density at radius 3 is 1.65 bits per heavy atom. The fourth-order valence-electron chi connectivity index (χ4n) is 5.09. The summed E-state index contributed by atoms with van der Waals surface area (Å²) in [5.41, 5.74) is 0.324. The number of nitriles is 2. The summed E-state index contributed by atoms with van der Waals surface area (Å²) < 4.78 is 0. The number of nitrogens with zero attached hydrogens (tertiary/aromatic N) is 2. The summed E-state index contributed by atoms with van der Waals surface area (Å²) in [4.78, 5) is 61.0. The molecule has 1 aromatic heterocycles. The summed E-state index contributed by atoms with van der Waals surface area (Å²) >= 11 is 0. The Morgan fingerprint density at radius 2 is 1.25 bits per heavy atom. The zero-order valence-corrected chi connectivity index (χ0v) is 32.1. The summed E-state index contributed by atoms with van der Waals surface area (Å²) in [5.74, 6) is 1.42. The minimum absolute atomic E-state index is 0. The van der Waals surface area contributed by atoms with Gasteiger partial charge in [-0.2, -0.15) is 10.5 Å². The Kier molecular flexibility index (Phi) is 23.3. The third kappa shape index (κ3) is 22.5. The molecule has 1 aliphatic carbocycles. The van der Waals surface area contributed by atoms with E-state index in [1.807, 2.05) is 6.07 Å². The molecule has 3 fully saturated rings. The zero-order chi connectivity index (χ0) is 38.9. The summed E-state index contributed by atoms with van der Waals surface area (Å²) in [5, 5.41) is 35.1. The van der Waals surface area contributed by atoms with Crippen molar-refractivity contribution in [1.29, 1.82) is 10.5 Å². The van der Waals surface area contributed by atoms with Crippen LogP contribution in [-0.4, -0.2) is 73.4 Å². The molecule has 4 rings (SSSR count). The molecule has 4 amide bonds. The third-order valence-electron chi connectivity index (χ3n) is 7.74. The zero-order valence-electron chi connectivity index (χ0n) is 32.1. The molecule has 0 aromatic carbocycles. The Balaban J connectivity index is -0.000000142. The van der Waals surface area contributed by atoms with E-state index in [-0.39, 0.29) is 70.6 Å². The van der Waals surface area contributed by atoms with Crippen molar-refractivity contribution >= 4 is 23.6 Å². The maximum Gasteiger partial charge on any atom is 0.252 e. The van der Waals surface area contributed by atoms with Crippen LogP contribution in [0, 0.1) is 52.3 Å². The lowest BCUT2D eigenvalue weighted by Gasteiger charge is -2.23. The highest BCUT2D eigenvalue weighted by Crippen LogP contribution is 2.27. The van der Waals surface area contributed by atoms with Crippen LogP contribution in [0.25, 0.3) is 0 Å². The fourth-order valence-corrected chi connectivity index (χ4v) is 5.09. The molecular weight excluding hydrogens is 662 g/mol. The summed E-state index contributed by atoms with van der Waals surface area (Å²) in [7, 11) is 0. The molecule has 3 aliphatic rings. The molecular formula is C38H77N9O5. The van der Waals surface area contributed by atoms with E-state index in [4.69, 9.17) is 10.5 Å². The van der Waals surface area contributed by atoms with Gasteiger partial charge in [0.2, 0.25) is 23.6 Å². The van der Waals surface area contributed by atoms with E-state index >= 15 is 0 Å². The first-order chi connectivity index (χ1) is 24.7. The molecule has 304 valence electrons. The molecule has 52 heavy (non-hydrogen) atoms. The van der Waals surface area contributed by atoms with E-state index in [0.717, 1.165) is 50.0 Å². The van der Waals surface area contributed by atoms with Gasteiger partial charge in [0, 0.05) is 53.2 Å². The van der Waals surface area contributed by atoms with Crippen molar-refractivity contribution < 1.29 is 29.2 Å². The van der Waals surface area contributed by atoms with Crippen LogP contribution in [0.3, 0.4) is 0 Å². The number of hydrogen-bond donors (Lipinski definition) is 7. The molecule has 2 saturated heterocycles. The Labute approximate surface area is 320 Å². The number of pyridine rings is 1. The molecule has 14 heteroatoms. The highest BCUT2D eigenvalue weighted by Gasteiger charge is 2.27. The van der Waals surface area contributed by atoms with Gasteiger partial charge in [-0.05, 0) is 81.7 Å². The molecule has 1 aromatic rings. The molecule has 0 radical (unpaired) electrons. The van der Waals surface area contributed by atoms with Crippen LogP contribution in [0.1, 0.15) is 108 Å². The van der Waals surface area contributed by atoms with Crippen LogP contribution in [0.2, 0.25) is 0 Å². The smallest absolute Gasteiger partial charge is 0.252 e. The predicted octanol–water partition coefficient (Wildman–Crippen LogP) is 4.35. The number of rotatable bonds is 14. The molecule has 0 spiro atoms. The van der Waals surface area contributed by atoms with E-state index in [1.165, 1.54) is 19.0 Å². The van der Waals surface area contributed by atoms with E-state index in [0.29, 0.717) is 31.5 Å². The highest BCUT2D eigenvalue weighted by molar-refractivity contribution is 5.81. The number of aromatic nitrogens is 1. The van der Waals surface area contributed by atoms with Crippen molar-refractivity contribution in [3.05, 3.63) is 34.2 Å². The second kappa shape index (κ2) is 26.5. The first-order valence-electron chi connectivity index (χ1n) is 18.8. The Morgan fingerprint density at radius 1 is 0.788 bits per heavy atom. The average molecular weight is 740 g/mol. The minimum Gasteiger partial charge on any atom is -0.356 e. The maximum absolute atomic E-state index is 11.9. The SMILES string of the molecule is CC(C)C.CC(C)C.N#C[C@H](C[C@@H]1CCCNC1=O)NC(=O)CNCC1CC1.N#C[C@H](C[C@@H]1CCCNC1=O)NC(=O)CNCc1ccc[nH]c1=O.[HH].[HH].[HH].[HH].[HH].[HH].[HH]. The maximum atomic E-state index is 11.9. The topological polar surface area (TPSA) is 221 Å². The molecule has 4 atom stereocenters. The minimum atomic E-state index is -0.701. The molecule has 0 bridgehead atoms. The fraction of sp³-hybridized carbons (Fsp3) is 0.711. The van der Waals surface area contributed by atoms with Gasteiger partial charge >= 0.3 is 0 Å². The van der Waals surface area contributed by atoms with Gasteiger partial charge in [-0.1, -0.05) is 47.6 Å². The Hall–Kier alpha value is -4.27. The lowest BCUT2D eigenvalue weighted by Crippen LogP contribution is -2.44. The molecule has 0 unspecified atom stereocenters. The van der Waals surface area contributed by atoms with Gasteiger partial charge in [-0.25, -0.2) is 0 Å². The summed E-state index contributed by atoms with van der Waals surface area (Å²) in [6.07, 6.45) is 8.08. The van der Waals surface area contributed by atoms with Gasteiger partial charge in [0.25, 0.3) is 5.56 Å². The predicted molar refractivity (Wildman–Crippen MR) is 216 cm³/mol. The van der Waals surface area contributed by atoms with Crippen LogP contribution in [0.5, 0.6) is 0 Å². The lowest BCUT2D eigenvalue weighted by atomic mass is 9.92. The quantitative estimate of drug-likeness (QED) is 0.144. The van der Waals surface area contributed by atoms with Crippen molar-refractivity contribution in [2.24, 2.45) is 29.6 Å². The first-order valence-corrected chi connectivity index (χ1v) is 18.8. The standard InChI is InChI=1S/C16H21N5O3.C14H22N4O2.2C4H10.7H2/c17-8-13(7-11-3-1-5-19-15(11)23)21-14(22)10-18-9-12-4-2-6-20-16(12)24;15-7-12(6-11-2-1-5-17-14(11)20)18-13(19)9-16-8-10-3-4-10;2*1-4(2)3;;;;;;;/h2,4,6,11,13,18H,1,3,5,7,9-10H2,(H,19,23)(H,20,24)(H,21,22);10-12,16H,1-6,8-9H2,(H,17,20)(H,18,19);2*4H,1-3H3;7*1H/t11-,13-;11-,12-;;;;;;;;;/m00........./s1. The second-order valence-electron chi connectivity index (χ2n) is 14.9. The lowest BCUT2D eigenvalue weighted by molar-refractivity contribution is -0.128. The highest BCUT2D eigenvalue weighted by atomic mass is 16.2. The number of amides is 4. The van der Waals surface area contributed by atoms with E-state index in [2.05, 4.69) is 84.5 Å². The molecule has 1 saturated carbocycles. The van der Waals surface area contributed by atoms with E-state index in [9.17, 15) is 24.0 Å². The number of piperidine rings is 2. The largest absolute Gasteiger partial charge is 0.356 e. The van der Waals surface area contributed by atoms with Gasteiger partial charge in [0.15, 0.2) is 0 Å². The van der Waals surface area contributed by atoms with Crippen molar-refractivity contribution in [2.75, 3.05) is 32.7 Å². The van der Waals surface area contributed by atoms with E-state index in [1.54, 1.807) is 12.1 Å². The number of aromatic amines is 1. The van der Waals surface area contributed by atoms with Crippen LogP contribution in [0.15, 0.2) is 23.1 Å². The van der Waals surface area contributed by atoms with Crippen LogP contribution >= 0.6 is 0 Å². The summed E-state index contributed by atoms with van der Waals surface area (Å²) in [6.45, 7) is 15.7. The average Bonchev–Trinajstić information content (AvgIpc) is 3.91. The van der Waals surface area contributed by atoms with Crippen molar-refractivity contribution in [3.8, 4) is 12.1 Å². The summed E-state index contributed by atoms with van der Waals surface area (Å²) in [6, 6.07) is 6.19. The van der Waals surface area contributed by atoms with Gasteiger partial charge in [-0.3, -0.25) is 24.0 Å². The number of nitrogens with one attached hydrogen (secondary N) is 7. The monoisotopic (exact) mass is 740 g/mol. The number of carbonyl (C=O) groups excluding carboxylic acids is 4. The van der Waals surface area contributed by atoms with Gasteiger partial charge in [-0.15, -0.1) is 0 Å². The molecule has 3 heterocycles. The van der Waals surface area contributed by atoms with Crippen LogP contribution in [0.4, 0.5) is 0 Å². The van der Waals surface area contributed by atoms with Crippen molar-refractivity contribution in [3.63, 3.8) is 0 Å². The first kappa shape index (κ1) is 45.8. The van der Waals surface area contributed by atoms with Gasteiger partial charge in [0.1, 0.15) is 12.1 Å². The number of hydrogen-bond acceptors (Lipinski definition) is 9. The normalized spacial score (nSPS) is 18.9.